The highest BCUT2D eigenvalue weighted by Gasteiger charge is 2.53. The van der Waals surface area contributed by atoms with Crippen LogP contribution in [0.5, 0.6) is 5.75 Å². The number of esters is 1. The zero-order valence-corrected chi connectivity index (χ0v) is 16.0. The van der Waals surface area contributed by atoms with E-state index in [4.69, 9.17) is 20.9 Å². The Morgan fingerprint density at radius 1 is 1.35 bits per heavy atom. The molecule has 1 aliphatic rings. The number of hydrogen-bond donors (Lipinski definition) is 5. The summed E-state index contributed by atoms with van der Waals surface area (Å²) in [6.07, 6.45) is -0.769. The molecule has 31 heavy (non-hydrogen) atoms. The van der Waals surface area contributed by atoms with E-state index >= 15 is 0 Å². The molecule has 0 spiro atoms. The number of nitrogens with two attached hydrogens (primary N) is 2. The van der Waals surface area contributed by atoms with Gasteiger partial charge in [0.2, 0.25) is 0 Å². The van der Waals surface area contributed by atoms with Crippen LogP contribution in [-0.2, 0) is 26.4 Å². The average molecular weight is 429 g/mol. The van der Waals surface area contributed by atoms with E-state index in [2.05, 4.69) is 4.98 Å². The normalized spacial score (nSPS) is 21.3. The topological polar surface area (TPSA) is 207 Å². The van der Waals surface area contributed by atoms with Crippen LogP contribution in [-0.4, -0.2) is 49.6 Å². The van der Waals surface area contributed by atoms with Crippen LogP contribution in [0.25, 0.3) is 0 Å². The molecule has 1 aromatic heterocycles. The van der Waals surface area contributed by atoms with Crippen molar-refractivity contribution in [2.24, 2.45) is 5.73 Å². The first kappa shape index (κ1) is 21.6. The van der Waals surface area contributed by atoms with Gasteiger partial charge in [-0.05, 0) is 30.2 Å². The molecule has 3 rings (SSSR count). The number of aliphatic hydroxyl groups is 2. The number of anilines is 1. The minimum absolute atomic E-state index is 0.0654. The lowest BCUT2D eigenvalue weighted by atomic mass is 10.1. The van der Waals surface area contributed by atoms with Gasteiger partial charge in [-0.25, -0.2) is 9.36 Å². The lowest BCUT2D eigenvalue weighted by molar-refractivity contribution is -0.146. The number of carbonyl (C=O) groups excluding carboxylic acids is 1. The van der Waals surface area contributed by atoms with Crippen LogP contribution in [0.4, 0.5) is 5.82 Å². The van der Waals surface area contributed by atoms with Crippen LogP contribution >= 0.6 is 0 Å². The Balaban J connectivity index is 1.70. The summed E-state index contributed by atoms with van der Waals surface area (Å²) in [5, 5.41) is 39.4. The summed E-state index contributed by atoms with van der Waals surface area (Å²) < 4.78 is 11.0. The van der Waals surface area contributed by atoms with Crippen LogP contribution in [0, 0.1) is 11.3 Å². The molecule has 0 aliphatic carbocycles. The lowest BCUT2D eigenvalue weighted by Crippen LogP contribution is -2.48. The number of aromatic nitrogens is 2. The van der Waals surface area contributed by atoms with Gasteiger partial charge in [0.1, 0.15) is 23.7 Å². The zero-order chi connectivity index (χ0) is 22.8. The van der Waals surface area contributed by atoms with Crippen molar-refractivity contribution < 1.29 is 29.6 Å². The molecule has 3 atom stereocenters. The highest BCUT2D eigenvalue weighted by Crippen LogP contribution is 2.36. The van der Waals surface area contributed by atoms with Crippen LogP contribution < -0.4 is 17.2 Å². The smallest absolute Gasteiger partial charge is 0.353 e. The third-order valence-electron chi connectivity index (χ3n) is 4.58. The van der Waals surface area contributed by atoms with Gasteiger partial charge in [0.25, 0.3) is 0 Å². The fourth-order valence-corrected chi connectivity index (χ4v) is 2.94. The van der Waals surface area contributed by atoms with Crippen LogP contribution in [0.3, 0.4) is 0 Å². The third-order valence-corrected chi connectivity index (χ3v) is 4.58. The largest absolute Gasteiger partial charge is 0.508 e. The zero-order valence-electron chi connectivity index (χ0n) is 16.0. The third kappa shape index (κ3) is 4.13. The van der Waals surface area contributed by atoms with E-state index in [1.165, 1.54) is 18.2 Å². The maximum absolute atomic E-state index is 12.2. The number of nitrogens with zero attached hydrogens (tertiary/aromatic N) is 3. The van der Waals surface area contributed by atoms with Gasteiger partial charge in [-0.15, -0.1) is 0 Å². The van der Waals surface area contributed by atoms with Crippen molar-refractivity contribution in [1.29, 1.82) is 5.26 Å². The number of carbonyl (C=O) groups is 1. The number of aliphatic hydroxyl groups excluding tert-OH is 2. The second-order valence-corrected chi connectivity index (χ2v) is 6.71. The monoisotopic (exact) mass is 429 g/mol. The quantitative estimate of drug-likeness (QED) is 0.351. The van der Waals surface area contributed by atoms with Gasteiger partial charge in [0.05, 0.1) is 0 Å². The van der Waals surface area contributed by atoms with Gasteiger partial charge in [0.15, 0.2) is 24.2 Å². The molecule has 0 fully saturated rings. The number of ether oxygens (including phenoxy) is 2. The molecule has 7 N–H and O–H groups in total. The Labute approximate surface area is 175 Å². The molecule has 0 saturated carbocycles. The summed E-state index contributed by atoms with van der Waals surface area (Å²) in [4.78, 5) is 27.8. The second kappa shape index (κ2) is 8.34. The van der Waals surface area contributed by atoms with E-state index in [1.54, 1.807) is 18.2 Å². The summed E-state index contributed by atoms with van der Waals surface area (Å²) in [5.41, 5.74) is 8.55. The highest BCUT2D eigenvalue weighted by molar-refractivity contribution is 5.76. The van der Waals surface area contributed by atoms with E-state index in [0.29, 0.717) is 10.1 Å². The Morgan fingerprint density at radius 2 is 2.03 bits per heavy atom. The standard InChI is InChI=1S/C19H19N5O7/c20-9-19(24-6-5-14(22)23-18(24)29)16(27)15(26)13(31-19)8-30-17(28)12(21)7-10-1-3-11(25)4-2-10/h1-6,12,16,25-27H,7-8,21H2,(H2,22,23,29)/t12-,16?,19-/m1/s1. The molecular weight excluding hydrogens is 410 g/mol. The van der Waals surface area contributed by atoms with E-state index in [1.807, 2.05) is 0 Å². The number of rotatable bonds is 6. The van der Waals surface area contributed by atoms with Crippen molar-refractivity contribution in [2.75, 3.05) is 12.3 Å². The molecule has 0 saturated heterocycles. The Bertz CT molecular complexity index is 1120. The number of phenolic OH excluding ortho intramolecular Hbond substituents is 1. The summed E-state index contributed by atoms with van der Waals surface area (Å²) in [7, 11) is 0. The van der Waals surface area contributed by atoms with E-state index in [9.17, 15) is 30.2 Å². The number of hydrogen-bond acceptors (Lipinski definition) is 11. The van der Waals surface area contributed by atoms with Gasteiger partial charge in [0, 0.05) is 6.20 Å². The predicted octanol–water partition coefficient (Wildman–Crippen LogP) is -1.02. The van der Waals surface area contributed by atoms with Gasteiger partial charge in [-0.2, -0.15) is 10.2 Å². The van der Waals surface area contributed by atoms with Crippen LogP contribution in [0.2, 0.25) is 0 Å². The maximum atomic E-state index is 12.2. The Hall–Kier alpha value is -4.08. The summed E-state index contributed by atoms with van der Waals surface area (Å²) >= 11 is 0. The first-order chi connectivity index (χ1) is 14.7. The van der Waals surface area contributed by atoms with Gasteiger partial charge in [-0.1, -0.05) is 12.1 Å². The fourth-order valence-electron chi connectivity index (χ4n) is 2.94. The first-order valence-corrected chi connectivity index (χ1v) is 8.94. The fraction of sp³-hybridized carbons (Fsp3) is 0.263. The molecule has 0 amide bonds. The number of nitriles is 1. The Morgan fingerprint density at radius 3 is 2.65 bits per heavy atom. The molecule has 2 heterocycles. The van der Waals surface area contributed by atoms with E-state index in [-0.39, 0.29) is 18.0 Å². The SMILES string of the molecule is N#C[C@@]1(n2ccc(N)nc2=O)OC(COC(=O)[C@H](N)Cc2ccc(O)cc2)=C(O)C1O. The van der Waals surface area contributed by atoms with Crippen molar-refractivity contribution >= 4 is 11.8 Å². The first-order valence-electron chi connectivity index (χ1n) is 8.94. The summed E-state index contributed by atoms with van der Waals surface area (Å²) in [6.45, 7) is -0.647. The molecule has 1 unspecified atom stereocenters. The van der Waals surface area contributed by atoms with Crippen molar-refractivity contribution in [3.63, 3.8) is 0 Å². The average Bonchev–Trinajstić information content (AvgIpc) is 2.99. The molecule has 12 nitrogen and oxygen atoms in total. The molecule has 1 aliphatic heterocycles. The van der Waals surface area contributed by atoms with Crippen LogP contribution in [0.1, 0.15) is 5.56 Å². The molecule has 0 bridgehead atoms. The number of nitrogen functional groups attached to an aromatic ring is 1. The van der Waals surface area contributed by atoms with Gasteiger partial charge < -0.3 is 36.3 Å². The second-order valence-electron chi connectivity index (χ2n) is 6.71. The van der Waals surface area contributed by atoms with Gasteiger partial charge in [-0.3, -0.25) is 4.79 Å². The van der Waals surface area contributed by atoms with E-state index < -0.39 is 47.7 Å². The number of aromatic hydroxyl groups is 1. The molecule has 2 aromatic rings. The molecule has 12 heteroatoms. The summed E-state index contributed by atoms with van der Waals surface area (Å²) in [5.74, 6) is -2.10. The number of phenols is 1. The van der Waals surface area contributed by atoms with Crippen molar-refractivity contribution in [2.45, 2.75) is 24.3 Å². The Kier molecular flexibility index (Phi) is 5.82. The van der Waals surface area contributed by atoms with E-state index in [0.717, 1.165) is 6.20 Å². The van der Waals surface area contributed by atoms with Crippen molar-refractivity contribution in [3.05, 3.63) is 64.1 Å². The maximum Gasteiger partial charge on any atom is 0.353 e. The van der Waals surface area contributed by atoms with Gasteiger partial charge >= 0.3 is 17.4 Å². The highest BCUT2D eigenvalue weighted by atomic mass is 16.6. The predicted molar refractivity (Wildman–Crippen MR) is 104 cm³/mol. The molecule has 1 aromatic carbocycles. The van der Waals surface area contributed by atoms with Crippen molar-refractivity contribution in [3.8, 4) is 11.8 Å². The lowest BCUT2D eigenvalue weighted by Gasteiger charge is -2.26. The van der Waals surface area contributed by atoms with Crippen molar-refractivity contribution in [1.82, 2.24) is 9.55 Å². The van der Waals surface area contributed by atoms with Crippen LogP contribution in [0.15, 0.2) is 52.8 Å². The molecule has 0 radical (unpaired) electrons. The molecular formula is C19H19N5O7. The molecule has 162 valence electrons. The number of benzene rings is 1. The minimum atomic E-state index is -2.36. The minimum Gasteiger partial charge on any atom is -0.508 e. The summed E-state index contributed by atoms with van der Waals surface area (Å²) in [6, 6.07) is 7.84.